The molecule has 1 amide bonds. The van der Waals surface area contributed by atoms with Crippen LogP contribution in [-0.4, -0.2) is 40.0 Å². The molecule has 1 aromatic heterocycles. The first kappa shape index (κ1) is 13.0. The summed E-state index contributed by atoms with van der Waals surface area (Å²) in [5.74, 6) is -0.899. The first-order chi connectivity index (χ1) is 8.58. The van der Waals surface area contributed by atoms with Crippen molar-refractivity contribution in [3.63, 3.8) is 0 Å². The average Bonchev–Trinajstić information content (AvgIpc) is 3.11. The number of pyridine rings is 1. The molecule has 5 nitrogen and oxygen atoms in total. The maximum Gasteiger partial charge on any atom is 0.323 e. The Labute approximate surface area is 113 Å². The Balaban J connectivity index is 2.15. The summed E-state index contributed by atoms with van der Waals surface area (Å²) < 4.78 is 0.584. The molecule has 0 unspecified atom stereocenters. The molecule has 6 heteroatoms. The molecule has 0 aromatic carbocycles. The third kappa shape index (κ3) is 3.29. The lowest BCUT2D eigenvalue weighted by Crippen LogP contribution is -2.37. The van der Waals surface area contributed by atoms with Crippen LogP contribution in [0.5, 0.6) is 0 Å². The van der Waals surface area contributed by atoms with E-state index in [1.54, 1.807) is 12.1 Å². The fraction of sp³-hybridized carbons (Fsp3) is 0.417. The Hall–Kier alpha value is -1.43. The Kier molecular flexibility index (Phi) is 3.96. The van der Waals surface area contributed by atoms with Crippen LogP contribution in [0.25, 0.3) is 0 Å². The number of carbonyl (C=O) groups is 2. The molecule has 0 atom stereocenters. The standard InChI is InChI=1S/C12H13BrN2O3/c13-9-2-1-5-14-11(9)12(18)15(7-10(16)17)6-8-3-4-8/h1-2,5,8H,3-4,6-7H2,(H,16,17). The number of carboxylic acid groups (broad SMARTS) is 1. The van der Waals surface area contributed by atoms with E-state index in [-0.39, 0.29) is 18.1 Å². The molecule has 1 saturated carbocycles. The SMILES string of the molecule is O=C(O)CN(CC1CC1)C(=O)c1ncccc1Br. The summed E-state index contributed by atoms with van der Waals surface area (Å²) in [6.07, 6.45) is 3.65. The van der Waals surface area contributed by atoms with Crippen molar-refractivity contribution in [3.8, 4) is 0 Å². The second-order valence-corrected chi connectivity index (χ2v) is 5.21. The second-order valence-electron chi connectivity index (χ2n) is 4.36. The summed E-state index contributed by atoms with van der Waals surface area (Å²) in [6.45, 7) is 0.215. The molecule has 1 fully saturated rings. The lowest BCUT2D eigenvalue weighted by Gasteiger charge is -2.20. The predicted octanol–water partition coefficient (Wildman–Crippen LogP) is 1.78. The van der Waals surface area contributed by atoms with E-state index < -0.39 is 5.97 Å². The van der Waals surface area contributed by atoms with E-state index in [0.29, 0.717) is 16.9 Å². The van der Waals surface area contributed by atoms with Gasteiger partial charge in [-0.3, -0.25) is 9.59 Å². The molecule has 18 heavy (non-hydrogen) atoms. The quantitative estimate of drug-likeness (QED) is 0.899. The van der Waals surface area contributed by atoms with E-state index in [1.807, 2.05) is 0 Å². The van der Waals surface area contributed by atoms with Crippen LogP contribution in [0.3, 0.4) is 0 Å². The van der Waals surface area contributed by atoms with Gasteiger partial charge in [-0.05, 0) is 46.8 Å². The number of aromatic nitrogens is 1. The largest absolute Gasteiger partial charge is 0.480 e. The third-order valence-corrected chi connectivity index (χ3v) is 3.39. The zero-order valence-corrected chi connectivity index (χ0v) is 11.3. The number of hydrogen-bond acceptors (Lipinski definition) is 3. The van der Waals surface area contributed by atoms with Gasteiger partial charge in [0, 0.05) is 17.2 Å². The molecule has 0 spiro atoms. The van der Waals surface area contributed by atoms with Crippen LogP contribution in [0.1, 0.15) is 23.3 Å². The van der Waals surface area contributed by atoms with Crippen molar-refractivity contribution < 1.29 is 14.7 Å². The van der Waals surface area contributed by atoms with Crippen molar-refractivity contribution in [3.05, 3.63) is 28.5 Å². The van der Waals surface area contributed by atoms with Gasteiger partial charge in [0.2, 0.25) is 0 Å². The van der Waals surface area contributed by atoms with Crippen LogP contribution in [0.2, 0.25) is 0 Å². The fourth-order valence-electron chi connectivity index (χ4n) is 1.69. The maximum absolute atomic E-state index is 12.2. The van der Waals surface area contributed by atoms with Gasteiger partial charge in [0.05, 0.1) is 0 Å². The van der Waals surface area contributed by atoms with Gasteiger partial charge in [0.1, 0.15) is 12.2 Å². The number of halogens is 1. The van der Waals surface area contributed by atoms with E-state index in [4.69, 9.17) is 5.11 Å². The normalized spacial score (nSPS) is 14.3. The number of amides is 1. The Morgan fingerprint density at radius 3 is 2.78 bits per heavy atom. The summed E-state index contributed by atoms with van der Waals surface area (Å²) in [4.78, 5) is 28.4. The van der Waals surface area contributed by atoms with E-state index >= 15 is 0 Å². The van der Waals surface area contributed by atoms with Gasteiger partial charge in [-0.2, -0.15) is 0 Å². The van der Waals surface area contributed by atoms with Gasteiger partial charge in [-0.1, -0.05) is 0 Å². The minimum absolute atomic E-state index is 0.263. The summed E-state index contributed by atoms with van der Waals surface area (Å²) in [5, 5.41) is 8.86. The average molecular weight is 313 g/mol. The van der Waals surface area contributed by atoms with Crippen molar-refractivity contribution in [1.29, 1.82) is 0 Å². The first-order valence-electron chi connectivity index (χ1n) is 5.69. The van der Waals surface area contributed by atoms with Gasteiger partial charge >= 0.3 is 5.97 Å². The highest BCUT2D eigenvalue weighted by Gasteiger charge is 2.29. The Morgan fingerprint density at radius 2 is 2.22 bits per heavy atom. The highest BCUT2D eigenvalue weighted by molar-refractivity contribution is 9.10. The van der Waals surface area contributed by atoms with Gasteiger partial charge < -0.3 is 10.0 Å². The minimum Gasteiger partial charge on any atom is -0.480 e. The van der Waals surface area contributed by atoms with Crippen molar-refractivity contribution in [1.82, 2.24) is 9.88 Å². The molecular formula is C12H13BrN2O3. The first-order valence-corrected chi connectivity index (χ1v) is 6.49. The van der Waals surface area contributed by atoms with Crippen LogP contribution >= 0.6 is 15.9 Å². The van der Waals surface area contributed by atoms with E-state index in [9.17, 15) is 9.59 Å². The van der Waals surface area contributed by atoms with E-state index in [1.165, 1.54) is 11.1 Å². The van der Waals surface area contributed by atoms with Crippen LogP contribution in [0.15, 0.2) is 22.8 Å². The maximum atomic E-state index is 12.2. The zero-order valence-electron chi connectivity index (χ0n) is 9.67. The molecule has 1 N–H and O–H groups in total. The Bertz CT molecular complexity index is 474. The minimum atomic E-state index is -1.00. The lowest BCUT2D eigenvalue weighted by molar-refractivity contribution is -0.137. The fourth-order valence-corrected chi connectivity index (χ4v) is 2.11. The predicted molar refractivity (Wildman–Crippen MR) is 68.2 cm³/mol. The van der Waals surface area contributed by atoms with Crippen LogP contribution in [-0.2, 0) is 4.79 Å². The molecule has 2 rings (SSSR count). The van der Waals surface area contributed by atoms with Gasteiger partial charge in [0.15, 0.2) is 0 Å². The molecule has 0 saturated heterocycles. The molecule has 1 heterocycles. The number of rotatable bonds is 5. The summed E-state index contributed by atoms with van der Waals surface area (Å²) >= 11 is 3.26. The van der Waals surface area contributed by atoms with Crippen molar-refractivity contribution >= 4 is 27.8 Å². The smallest absolute Gasteiger partial charge is 0.323 e. The number of aliphatic carboxylic acids is 1. The summed E-state index contributed by atoms with van der Waals surface area (Å²) in [5.41, 5.74) is 0.263. The highest BCUT2D eigenvalue weighted by atomic mass is 79.9. The molecule has 0 bridgehead atoms. The number of nitrogens with zero attached hydrogens (tertiary/aromatic N) is 2. The van der Waals surface area contributed by atoms with Crippen molar-refractivity contribution in [2.45, 2.75) is 12.8 Å². The van der Waals surface area contributed by atoms with Crippen LogP contribution in [0.4, 0.5) is 0 Å². The Morgan fingerprint density at radius 1 is 1.50 bits per heavy atom. The van der Waals surface area contributed by atoms with Crippen LogP contribution in [0, 0.1) is 5.92 Å². The molecular weight excluding hydrogens is 300 g/mol. The molecule has 1 aliphatic rings. The van der Waals surface area contributed by atoms with Gasteiger partial charge in [-0.25, -0.2) is 4.98 Å². The number of carbonyl (C=O) groups excluding carboxylic acids is 1. The van der Waals surface area contributed by atoms with Crippen molar-refractivity contribution in [2.75, 3.05) is 13.1 Å². The lowest BCUT2D eigenvalue weighted by atomic mass is 10.3. The highest BCUT2D eigenvalue weighted by Crippen LogP contribution is 2.30. The molecule has 1 aromatic rings. The van der Waals surface area contributed by atoms with Gasteiger partial charge in [-0.15, -0.1) is 0 Å². The van der Waals surface area contributed by atoms with E-state index in [2.05, 4.69) is 20.9 Å². The van der Waals surface area contributed by atoms with E-state index in [0.717, 1.165) is 12.8 Å². The number of carboxylic acids is 1. The molecule has 1 aliphatic carbocycles. The van der Waals surface area contributed by atoms with Gasteiger partial charge in [0.25, 0.3) is 5.91 Å². The van der Waals surface area contributed by atoms with Crippen LogP contribution < -0.4 is 0 Å². The zero-order chi connectivity index (χ0) is 13.1. The second kappa shape index (κ2) is 5.48. The number of hydrogen-bond donors (Lipinski definition) is 1. The summed E-state index contributed by atoms with van der Waals surface area (Å²) in [6, 6.07) is 3.43. The summed E-state index contributed by atoms with van der Waals surface area (Å²) in [7, 11) is 0. The topological polar surface area (TPSA) is 70.5 Å². The molecule has 0 aliphatic heterocycles. The molecule has 0 radical (unpaired) electrons. The molecule has 96 valence electrons. The third-order valence-electron chi connectivity index (χ3n) is 2.75. The van der Waals surface area contributed by atoms with Crippen molar-refractivity contribution in [2.24, 2.45) is 5.92 Å². The monoisotopic (exact) mass is 312 g/mol.